The molecule has 0 aliphatic carbocycles. The van der Waals surface area contributed by atoms with Crippen molar-refractivity contribution in [2.24, 2.45) is 0 Å². The van der Waals surface area contributed by atoms with Crippen LogP contribution < -0.4 is 15.0 Å². The first-order valence-electron chi connectivity index (χ1n) is 9.70. The Morgan fingerprint density at radius 2 is 1.93 bits per heavy atom. The molecular formula is C24H26N2O2. The minimum absolute atomic E-state index is 0.0815. The lowest BCUT2D eigenvalue weighted by Gasteiger charge is -2.49. The van der Waals surface area contributed by atoms with Gasteiger partial charge in [0.15, 0.2) is 0 Å². The van der Waals surface area contributed by atoms with Crippen molar-refractivity contribution in [1.82, 2.24) is 5.32 Å². The number of hydrogen-bond acceptors (Lipinski definition) is 3. The largest absolute Gasteiger partial charge is 0.489 e. The molecule has 1 fully saturated rings. The molecule has 1 atom stereocenters. The van der Waals surface area contributed by atoms with Gasteiger partial charge in [0.1, 0.15) is 18.0 Å². The van der Waals surface area contributed by atoms with Crippen molar-refractivity contribution in [2.75, 3.05) is 18.1 Å². The van der Waals surface area contributed by atoms with Crippen molar-refractivity contribution >= 4 is 17.7 Å². The van der Waals surface area contributed by atoms with Gasteiger partial charge in [0.2, 0.25) is 5.91 Å². The maximum Gasteiger partial charge on any atom is 0.223 e. The fourth-order valence-corrected chi connectivity index (χ4v) is 4.43. The van der Waals surface area contributed by atoms with Crippen LogP contribution in [0, 0.1) is 0 Å². The van der Waals surface area contributed by atoms with E-state index in [1.807, 2.05) is 24.3 Å². The molecule has 144 valence electrons. The molecule has 4 rings (SSSR count). The topological polar surface area (TPSA) is 41.6 Å². The lowest BCUT2D eigenvalue weighted by molar-refractivity contribution is -0.124. The lowest BCUT2D eigenvalue weighted by Crippen LogP contribution is -2.68. The molecule has 0 saturated carbocycles. The van der Waals surface area contributed by atoms with Gasteiger partial charge in [-0.15, -0.1) is 0 Å². The molecule has 2 aromatic rings. The monoisotopic (exact) mass is 374 g/mol. The number of ether oxygens (including phenoxy) is 1. The predicted octanol–water partition coefficient (Wildman–Crippen LogP) is 4.28. The molecule has 0 aromatic heterocycles. The maximum atomic E-state index is 12.5. The van der Waals surface area contributed by atoms with Crippen LogP contribution >= 0.6 is 0 Å². The number of nitrogens with zero attached hydrogens (tertiary/aromatic N) is 1. The van der Waals surface area contributed by atoms with Crippen LogP contribution in [0.2, 0.25) is 0 Å². The van der Waals surface area contributed by atoms with Gasteiger partial charge in [0.05, 0.1) is 0 Å². The molecule has 0 radical (unpaired) electrons. The van der Waals surface area contributed by atoms with Crippen molar-refractivity contribution < 1.29 is 9.53 Å². The second-order valence-electron chi connectivity index (χ2n) is 7.83. The highest BCUT2D eigenvalue weighted by atomic mass is 16.5. The summed E-state index contributed by atoms with van der Waals surface area (Å²) in [7, 11) is 0. The number of anilines is 1. The first-order chi connectivity index (χ1) is 13.5. The van der Waals surface area contributed by atoms with E-state index in [1.54, 1.807) is 6.08 Å². The number of carbonyl (C=O) groups is 1. The first kappa shape index (κ1) is 18.4. The number of rotatable bonds is 5. The van der Waals surface area contributed by atoms with E-state index in [0.29, 0.717) is 19.6 Å². The summed E-state index contributed by atoms with van der Waals surface area (Å²) >= 11 is 0. The van der Waals surface area contributed by atoms with Crippen molar-refractivity contribution in [3.8, 4) is 5.75 Å². The molecule has 1 amide bonds. The molecule has 1 N–H and O–H groups in total. The third-order valence-electron chi connectivity index (χ3n) is 5.92. The van der Waals surface area contributed by atoms with Gasteiger partial charge in [-0.05, 0) is 23.8 Å². The minimum atomic E-state index is -0.614. The molecule has 4 heteroatoms. The Hall–Kier alpha value is -3.01. The molecule has 0 bridgehead atoms. The second kappa shape index (κ2) is 6.86. The van der Waals surface area contributed by atoms with Gasteiger partial charge < -0.3 is 15.0 Å². The van der Waals surface area contributed by atoms with Crippen LogP contribution in [0.4, 0.5) is 5.69 Å². The van der Waals surface area contributed by atoms with Crippen LogP contribution in [0.15, 0.2) is 67.3 Å². The van der Waals surface area contributed by atoms with Crippen LogP contribution in [-0.2, 0) is 10.2 Å². The third-order valence-corrected chi connectivity index (χ3v) is 5.92. The summed E-state index contributed by atoms with van der Waals surface area (Å²) in [5, 5.41) is 3.31. The van der Waals surface area contributed by atoms with Crippen molar-refractivity contribution in [3.63, 3.8) is 0 Å². The fourth-order valence-electron chi connectivity index (χ4n) is 4.43. The maximum absolute atomic E-state index is 12.5. The number of para-hydroxylation sites is 2. The van der Waals surface area contributed by atoms with E-state index in [4.69, 9.17) is 4.74 Å². The molecule has 2 aromatic carbocycles. The van der Waals surface area contributed by atoms with E-state index in [1.165, 1.54) is 11.3 Å². The van der Waals surface area contributed by atoms with E-state index < -0.39 is 5.66 Å². The highest BCUT2D eigenvalue weighted by Crippen LogP contribution is 2.52. The summed E-state index contributed by atoms with van der Waals surface area (Å²) in [6.45, 7) is 9.27. The Morgan fingerprint density at radius 1 is 1.18 bits per heavy atom. The van der Waals surface area contributed by atoms with E-state index in [2.05, 4.69) is 67.1 Å². The van der Waals surface area contributed by atoms with Gasteiger partial charge >= 0.3 is 0 Å². The van der Waals surface area contributed by atoms with E-state index in [0.717, 1.165) is 11.3 Å². The zero-order valence-corrected chi connectivity index (χ0v) is 16.4. The van der Waals surface area contributed by atoms with Gasteiger partial charge in [0, 0.05) is 29.6 Å². The number of benzene rings is 2. The molecule has 0 spiro atoms. The summed E-state index contributed by atoms with van der Waals surface area (Å²) in [5.74, 6) is 0.884. The summed E-state index contributed by atoms with van der Waals surface area (Å²) in [4.78, 5) is 14.8. The molecule has 2 aliphatic rings. The smallest absolute Gasteiger partial charge is 0.223 e. The quantitative estimate of drug-likeness (QED) is 0.795. The van der Waals surface area contributed by atoms with Crippen LogP contribution in [0.5, 0.6) is 5.75 Å². The van der Waals surface area contributed by atoms with Gasteiger partial charge in [-0.25, -0.2) is 0 Å². The molecule has 28 heavy (non-hydrogen) atoms. The molecule has 2 heterocycles. The molecular weight excluding hydrogens is 348 g/mol. The molecule has 2 aliphatic heterocycles. The zero-order valence-electron chi connectivity index (χ0n) is 16.4. The van der Waals surface area contributed by atoms with Crippen LogP contribution in [-0.4, -0.2) is 24.7 Å². The van der Waals surface area contributed by atoms with Crippen molar-refractivity contribution in [3.05, 3.63) is 78.4 Å². The predicted molar refractivity (Wildman–Crippen MR) is 113 cm³/mol. The number of fused-ring (bicyclic) bond motifs is 3. The highest BCUT2D eigenvalue weighted by molar-refractivity contribution is 5.84. The fraction of sp³-hybridized carbons (Fsp3) is 0.292. The summed E-state index contributed by atoms with van der Waals surface area (Å²) in [6.07, 6.45) is 6.42. The standard InChI is InChI=1S/C24H26N2O2/c1-4-17-28-21-12-8-5-9-18(21)13-15-24-23(2,3)19-10-6-7-11-20(19)26(24)16-14-22(27)25-24/h4-13,15H,1,14,16-17H2,2-3H3,(H,25,27)/b15-13+/t24-/m0/s1. The van der Waals surface area contributed by atoms with Crippen LogP contribution in [0.1, 0.15) is 31.4 Å². The van der Waals surface area contributed by atoms with Crippen molar-refractivity contribution in [1.29, 1.82) is 0 Å². The number of carbonyl (C=O) groups excluding carboxylic acids is 1. The molecule has 4 nitrogen and oxygen atoms in total. The lowest BCUT2D eigenvalue weighted by atomic mass is 9.74. The summed E-state index contributed by atoms with van der Waals surface area (Å²) < 4.78 is 5.80. The number of hydrogen-bond donors (Lipinski definition) is 1. The zero-order chi connectivity index (χ0) is 19.8. The average molecular weight is 374 g/mol. The van der Waals surface area contributed by atoms with E-state index >= 15 is 0 Å². The highest BCUT2D eigenvalue weighted by Gasteiger charge is 2.57. The van der Waals surface area contributed by atoms with E-state index in [9.17, 15) is 4.79 Å². The Labute approximate surface area is 166 Å². The number of amides is 1. The SMILES string of the molecule is C=CCOc1ccccc1/C=C/[C@]12NC(=O)CCN1c1ccccc1C2(C)C. The molecule has 1 saturated heterocycles. The Morgan fingerprint density at radius 3 is 2.75 bits per heavy atom. The first-order valence-corrected chi connectivity index (χ1v) is 9.70. The van der Waals surface area contributed by atoms with Gasteiger partial charge in [-0.1, -0.05) is 69.0 Å². The van der Waals surface area contributed by atoms with Crippen LogP contribution in [0.25, 0.3) is 6.08 Å². The normalized spacial score (nSPS) is 22.5. The van der Waals surface area contributed by atoms with Crippen molar-refractivity contribution in [2.45, 2.75) is 31.3 Å². The Balaban J connectivity index is 1.79. The Bertz CT molecular complexity index is 947. The third kappa shape index (κ3) is 2.71. The second-order valence-corrected chi connectivity index (χ2v) is 7.83. The number of nitrogens with one attached hydrogen (secondary N) is 1. The van der Waals surface area contributed by atoms with E-state index in [-0.39, 0.29) is 11.3 Å². The summed E-state index contributed by atoms with van der Waals surface area (Å²) in [5.41, 5.74) is 2.52. The van der Waals surface area contributed by atoms with Gasteiger partial charge in [-0.2, -0.15) is 0 Å². The van der Waals surface area contributed by atoms with Gasteiger partial charge in [0.25, 0.3) is 0 Å². The molecule has 0 unspecified atom stereocenters. The van der Waals surface area contributed by atoms with Crippen LogP contribution in [0.3, 0.4) is 0 Å². The average Bonchev–Trinajstić information content (AvgIpc) is 2.89. The summed E-state index contributed by atoms with van der Waals surface area (Å²) in [6, 6.07) is 16.4. The minimum Gasteiger partial charge on any atom is -0.489 e. The van der Waals surface area contributed by atoms with Gasteiger partial charge in [-0.3, -0.25) is 4.79 Å². The Kier molecular flexibility index (Phi) is 4.50.